The Morgan fingerprint density at radius 3 is 2.15 bits per heavy atom. The van der Waals surface area contributed by atoms with E-state index in [1.165, 1.54) is 12.7 Å². The van der Waals surface area contributed by atoms with E-state index in [-0.39, 0.29) is 36.3 Å². The Morgan fingerprint density at radius 1 is 1.15 bits per heavy atom. The van der Waals surface area contributed by atoms with E-state index >= 15 is 0 Å². The third-order valence-electron chi connectivity index (χ3n) is 6.48. The molecule has 2 fully saturated rings. The maximum absolute atomic E-state index is 13.1. The van der Waals surface area contributed by atoms with Gasteiger partial charge in [-0.1, -0.05) is 18.6 Å². The zero-order chi connectivity index (χ0) is 19.1. The molecule has 2 saturated carbocycles. The standard InChI is InChI=1S/C20H30N2O3S.ClH/c1-13(14-7-9-18(10-8-14)26(3,24)25)22(2)20(23)17-11-15-5-4-6-16(12-17)19(15)21;/h7-10,13,15-17,19H,4-6,11-12,21H2,1-3H3;1H. The molecule has 5 nitrogen and oxygen atoms in total. The molecule has 3 atom stereocenters. The van der Waals surface area contributed by atoms with Gasteiger partial charge in [-0.05, 0) is 62.1 Å². The smallest absolute Gasteiger partial charge is 0.225 e. The first-order chi connectivity index (χ1) is 12.2. The maximum atomic E-state index is 13.1. The molecule has 1 aromatic carbocycles. The van der Waals surface area contributed by atoms with Gasteiger partial charge < -0.3 is 10.6 Å². The predicted octanol–water partition coefficient (Wildman–Crippen LogP) is 3.18. The van der Waals surface area contributed by atoms with Crippen LogP contribution in [0.2, 0.25) is 0 Å². The fourth-order valence-corrected chi connectivity index (χ4v) is 5.32. The summed E-state index contributed by atoms with van der Waals surface area (Å²) in [5, 5.41) is 0. The van der Waals surface area contributed by atoms with Crippen LogP contribution in [-0.2, 0) is 14.6 Å². The van der Waals surface area contributed by atoms with Gasteiger partial charge in [0.15, 0.2) is 9.84 Å². The van der Waals surface area contributed by atoms with Crippen molar-refractivity contribution in [3.63, 3.8) is 0 Å². The number of carbonyl (C=O) groups is 1. The lowest BCUT2D eigenvalue weighted by molar-refractivity contribution is -0.139. The molecule has 0 radical (unpaired) electrons. The minimum atomic E-state index is -3.21. The monoisotopic (exact) mass is 414 g/mol. The second kappa shape index (κ2) is 8.50. The molecule has 0 aromatic heterocycles. The number of carbonyl (C=O) groups excluding carboxylic acids is 1. The van der Waals surface area contributed by atoms with Gasteiger partial charge in [0.05, 0.1) is 10.9 Å². The SMILES string of the molecule is CC(c1ccc(S(C)(=O)=O)cc1)N(C)C(=O)C1CC2CCCC(C1)C2N.Cl. The number of rotatable bonds is 4. The van der Waals surface area contributed by atoms with E-state index < -0.39 is 9.84 Å². The van der Waals surface area contributed by atoms with Crippen molar-refractivity contribution in [2.45, 2.75) is 56.0 Å². The highest BCUT2D eigenvalue weighted by Gasteiger charge is 2.41. The number of amides is 1. The number of sulfone groups is 1. The van der Waals surface area contributed by atoms with E-state index in [9.17, 15) is 13.2 Å². The first-order valence-electron chi connectivity index (χ1n) is 9.50. The Balaban J connectivity index is 0.00000261. The van der Waals surface area contributed by atoms with E-state index in [0.29, 0.717) is 16.7 Å². The first kappa shape index (κ1) is 22.2. The molecule has 2 aliphatic rings. The minimum absolute atomic E-state index is 0. The molecule has 2 aliphatic carbocycles. The first-order valence-corrected chi connectivity index (χ1v) is 11.4. The molecule has 3 unspecified atom stereocenters. The molecule has 1 amide bonds. The Labute approximate surface area is 169 Å². The van der Waals surface area contributed by atoms with Crippen molar-refractivity contribution in [2.75, 3.05) is 13.3 Å². The Morgan fingerprint density at radius 2 is 1.67 bits per heavy atom. The van der Waals surface area contributed by atoms with Crippen LogP contribution in [0.1, 0.15) is 50.6 Å². The Bertz CT molecular complexity index is 752. The number of fused-ring (bicyclic) bond motifs is 2. The summed E-state index contributed by atoms with van der Waals surface area (Å²) in [7, 11) is -1.36. The average molecular weight is 415 g/mol. The second-order valence-corrected chi connectivity index (χ2v) is 10.2. The lowest BCUT2D eigenvalue weighted by Crippen LogP contribution is -2.49. The molecule has 2 bridgehead atoms. The van der Waals surface area contributed by atoms with Crippen molar-refractivity contribution in [3.8, 4) is 0 Å². The molecule has 152 valence electrons. The normalized spacial score (nSPS) is 28.7. The van der Waals surface area contributed by atoms with Gasteiger partial charge in [-0.2, -0.15) is 0 Å². The van der Waals surface area contributed by atoms with E-state index in [2.05, 4.69) is 0 Å². The van der Waals surface area contributed by atoms with Crippen molar-refractivity contribution in [2.24, 2.45) is 23.5 Å². The van der Waals surface area contributed by atoms with Gasteiger partial charge in [0.25, 0.3) is 0 Å². The van der Waals surface area contributed by atoms with Crippen molar-refractivity contribution < 1.29 is 13.2 Å². The fourth-order valence-electron chi connectivity index (χ4n) is 4.69. The van der Waals surface area contributed by atoms with Crippen LogP contribution in [-0.4, -0.2) is 38.6 Å². The molecule has 0 heterocycles. The number of halogens is 1. The largest absolute Gasteiger partial charge is 0.339 e. The highest BCUT2D eigenvalue weighted by Crippen LogP contribution is 2.42. The Kier molecular flexibility index (Phi) is 6.98. The lowest BCUT2D eigenvalue weighted by atomic mass is 9.65. The minimum Gasteiger partial charge on any atom is -0.339 e. The topological polar surface area (TPSA) is 80.5 Å². The van der Waals surface area contributed by atoms with E-state index in [1.807, 2.05) is 18.9 Å². The van der Waals surface area contributed by atoms with Crippen LogP contribution < -0.4 is 5.73 Å². The van der Waals surface area contributed by atoms with Crippen LogP contribution in [0.4, 0.5) is 0 Å². The number of nitrogens with zero attached hydrogens (tertiary/aromatic N) is 1. The predicted molar refractivity (Wildman–Crippen MR) is 110 cm³/mol. The van der Waals surface area contributed by atoms with Gasteiger partial charge in [-0.15, -0.1) is 12.4 Å². The summed E-state index contributed by atoms with van der Waals surface area (Å²) in [6.45, 7) is 1.99. The van der Waals surface area contributed by atoms with Gasteiger partial charge in [0, 0.05) is 25.3 Å². The van der Waals surface area contributed by atoms with E-state index in [0.717, 1.165) is 31.2 Å². The molecule has 1 aromatic rings. The molecule has 27 heavy (non-hydrogen) atoms. The van der Waals surface area contributed by atoms with Gasteiger partial charge in [-0.3, -0.25) is 4.79 Å². The molecule has 2 N–H and O–H groups in total. The lowest BCUT2D eigenvalue weighted by Gasteiger charge is -2.44. The van der Waals surface area contributed by atoms with Crippen LogP contribution >= 0.6 is 12.4 Å². The highest BCUT2D eigenvalue weighted by atomic mass is 35.5. The molecule has 0 saturated heterocycles. The number of nitrogens with two attached hydrogens (primary N) is 1. The fraction of sp³-hybridized carbons (Fsp3) is 0.650. The summed E-state index contributed by atoms with van der Waals surface area (Å²) in [5.74, 6) is 1.21. The van der Waals surface area contributed by atoms with Gasteiger partial charge in [0.2, 0.25) is 5.91 Å². The van der Waals surface area contributed by atoms with Crippen LogP contribution in [0.5, 0.6) is 0 Å². The molecule has 3 rings (SSSR count). The summed E-state index contributed by atoms with van der Waals surface area (Å²) in [4.78, 5) is 15.2. The second-order valence-electron chi connectivity index (χ2n) is 8.16. The molecular weight excluding hydrogens is 384 g/mol. The quantitative estimate of drug-likeness (QED) is 0.820. The van der Waals surface area contributed by atoms with E-state index in [1.54, 1.807) is 24.3 Å². The van der Waals surface area contributed by atoms with Crippen molar-refractivity contribution >= 4 is 28.2 Å². The molecule has 7 heteroatoms. The molecule has 0 aliphatic heterocycles. The summed E-state index contributed by atoms with van der Waals surface area (Å²) in [6.07, 6.45) is 6.54. The summed E-state index contributed by atoms with van der Waals surface area (Å²) in [5.41, 5.74) is 7.29. The van der Waals surface area contributed by atoms with Crippen LogP contribution in [0.25, 0.3) is 0 Å². The third kappa shape index (κ3) is 4.66. The van der Waals surface area contributed by atoms with Crippen molar-refractivity contribution in [1.82, 2.24) is 4.90 Å². The van der Waals surface area contributed by atoms with Crippen LogP contribution in [0, 0.1) is 17.8 Å². The highest BCUT2D eigenvalue weighted by molar-refractivity contribution is 7.90. The van der Waals surface area contributed by atoms with Crippen LogP contribution in [0.3, 0.4) is 0 Å². The number of hydrogen-bond donors (Lipinski definition) is 1. The van der Waals surface area contributed by atoms with Gasteiger partial charge >= 0.3 is 0 Å². The molecule has 0 spiro atoms. The maximum Gasteiger partial charge on any atom is 0.225 e. The number of hydrogen-bond acceptors (Lipinski definition) is 4. The Hall–Kier alpha value is -1.11. The van der Waals surface area contributed by atoms with E-state index in [4.69, 9.17) is 5.73 Å². The van der Waals surface area contributed by atoms with Crippen LogP contribution in [0.15, 0.2) is 29.2 Å². The summed E-state index contributed by atoms with van der Waals surface area (Å²) >= 11 is 0. The van der Waals surface area contributed by atoms with Crippen molar-refractivity contribution in [1.29, 1.82) is 0 Å². The van der Waals surface area contributed by atoms with Crippen molar-refractivity contribution in [3.05, 3.63) is 29.8 Å². The average Bonchev–Trinajstić information content (AvgIpc) is 2.59. The third-order valence-corrected chi connectivity index (χ3v) is 7.61. The zero-order valence-corrected chi connectivity index (χ0v) is 17.9. The zero-order valence-electron chi connectivity index (χ0n) is 16.3. The van der Waals surface area contributed by atoms with Gasteiger partial charge in [-0.25, -0.2) is 8.42 Å². The summed E-state index contributed by atoms with van der Waals surface area (Å²) < 4.78 is 23.2. The molecular formula is C20H31ClN2O3S. The van der Waals surface area contributed by atoms with Gasteiger partial charge in [0.1, 0.15) is 0 Å². The number of benzene rings is 1. The summed E-state index contributed by atoms with van der Waals surface area (Å²) in [6, 6.07) is 7.00.